The van der Waals surface area contributed by atoms with Gasteiger partial charge in [-0.05, 0) is 110 Å². The molecule has 0 aliphatic heterocycles. The monoisotopic (exact) mass is 428 g/mol. The molecule has 0 fully saturated rings. The van der Waals surface area contributed by atoms with E-state index < -0.39 is 0 Å². The molecule has 0 aliphatic rings. The van der Waals surface area contributed by atoms with Crippen LogP contribution in [0, 0.1) is 13.8 Å². The average molecular weight is 429 g/mol. The Hall–Kier alpha value is -3.57. The highest BCUT2D eigenvalue weighted by Crippen LogP contribution is 2.33. The Balaban J connectivity index is 1.37. The number of hydrogen-bond acceptors (Lipinski definition) is 5. The summed E-state index contributed by atoms with van der Waals surface area (Å²) in [6, 6.07) is 27.4. The summed E-state index contributed by atoms with van der Waals surface area (Å²) in [5, 5.41) is 0. The second kappa shape index (κ2) is 9.06. The van der Waals surface area contributed by atoms with Gasteiger partial charge in [-0.1, -0.05) is 11.8 Å². The van der Waals surface area contributed by atoms with Gasteiger partial charge in [-0.25, -0.2) is 0 Å². The normalized spacial score (nSPS) is 10.6. The number of nitrogen functional groups attached to an aromatic ring is 2. The molecule has 4 nitrogen and oxygen atoms in total. The molecule has 0 aliphatic carbocycles. The van der Waals surface area contributed by atoms with Crippen molar-refractivity contribution in [3.05, 3.63) is 96.1 Å². The summed E-state index contributed by atoms with van der Waals surface area (Å²) in [7, 11) is 0. The van der Waals surface area contributed by atoms with Crippen LogP contribution in [0.5, 0.6) is 23.0 Å². The molecule has 4 aromatic rings. The Labute approximate surface area is 186 Å². The van der Waals surface area contributed by atoms with E-state index in [2.05, 4.69) is 0 Å². The fourth-order valence-electron chi connectivity index (χ4n) is 2.98. The van der Waals surface area contributed by atoms with Crippen LogP contribution in [0.3, 0.4) is 0 Å². The maximum Gasteiger partial charge on any atom is 0.127 e. The van der Waals surface area contributed by atoms with E-state index in [0.717, 1.165) is 55.3 Å². The maximum atomic E-state index is 5.92. The first-order valence-electron chi connectivity index (χ1n) is 9.92. The van der Waals surface area contributed by atoms with Gasteiger partial charge >= 0.3 is 0 Å². The third-order valence-electron chi connectivity index (χ3n) is 4.84. The molecule has 156 valence electrons. The summed E-state index contributed by atoms with van der Waals surface area (Å²) in [4.78, 5) is 2.26. The van der Waals surface area contributed by atoms with E-state index in [9.17, 15) is 0 Å². The summed E-state index contributed by atoms with van der Waals surface area (Å²) in [5.41, 5.74) is 15.3. The van der Waals surface area contributed by atoms with E-state index >= 15 is 0 Å². The molecule has 4 aromatic carbocycles. The van der Waals surface area contributed by atoms with Crippen molar-refractivity contribution < 1.29 is 9.47 Å². The molecule has 0 radical (unpaired) electrons. The standard InChI is InChI=1S/C26H24N2O2S/c1-17-15-21(7-13-25(17)27)29-19-3-9-23(10-4-19)31-24-11-5-20(6-12-24)30-22-8-14-26(28)18(2)16-22/h3-16H,27-28H2,1-2H3. The van der Waals surface area contributed by atoms with Crippen molar-refractivity contribution in [2.45, 2.75) is 23.6 Å². The van der Waals surface area contributed by atoms with Crippen LogP contribution in [0.25, 0.3) is 0 Å². The largest absolute Gasteiger partial charge is 0.457 e. The van der Waals surface area contributed by atoms with Gasteiger partial charge in [0.05, 0.1) is 0 Å². The van der Waals surface area contributed by atoms with Crippen LogP contribution in [-0.2, 0) is 0 Å². The van der Waals surface area contributed by atoms with Gasteiger partial charge in [0.1, 0.15) is 23.0 Å². The Kier molecular flexibility index (Phi) is 6.05. The van der Waals surface area contributed by atoms with Crippen LogP contribution in [0.15, 0.2) is 94.7 Å². The Morgan fingerprint density at radius 3 is 1.23 bits per heavy atom. The van der Waals surface area contributed by atoms with Crippen molar-refractivity contribution in [3.8, 4) is 23.0 Å². The number of ether oxygens (including phenoxy) is 2. The van der Waals surface area contributed by atoms with E-state index in [0.29, 0.717) is 0 Å². The van der Waals surface area contributed by atoms with Crippen molar-refractivity contribution in [3.63, 3.8) is 0 Å². The summed E-state index contributed by atoms with van der Waals surface area (Å²) in [6.07, 6.45) is 0. The van der Waals surface area contributed by atoms with Gasteiger partial charge in [-0.3, -0.25) is 0 Å². The van der Waals surface area contributed by atoms with Gasteiger partial charge in [0.25, 0.3) is 0 Å². The number of rotatable bonds is 6. The smallest absolute Gasteiger partial charge is 0.127 e. The van der Waals surface area contributed by atoms with Gasteiger partial charge < -0.3 is 20.9 Å². The highest BCUT2D eigenvalue weighted by Gasteiger charge is 2.04. The van der Waals surface area contributed by atoms with Crippen LogP contribution >= 0.6 is 11.8 Å². The number of hydrogen-bond donors (Lipinski definition) is 2. The highest BCUT2D eigenvalue weighted by atomic mass is 32.2. The van der Waals surface area contributed by atoms with Gasteiger partial charge in [-0.15, -0.1) is 0 Å². The van der Waals surface area contributed by atoms with Gasteiger partial charge in [-0.2, -0.15) is 0 Å². The number of aryl methyl sites for hydroxylation is 2. The molecule has 0 atom stereocenters. The molecule has 31 heavy (non-hydrogen) atoms. The topological polar surface area (TPSA) is 70.5 Å². The molecule has 0 saturated heterocycles. The second-order valence-corrected chi connectivity index (χ2v) is 8.43. The number of nitrogens with two attached hydrogens (primary N) is 2. The lowest BCUT2D eigenvalue weighted by Crippen LogP contribution is -1.91. The van der Waals surface area contributed by atoms with Crippen LogP contribution in [0.1, 0.15) is 11.1 Å². The quantitative estimate of drug-likeness (QED) is 0.318. The number of benzene rings is 4. The zero-order chi connectivity index (χ0) is 21.8. The van der Waals surface area contributed by atoms with Crippen LogP contribution in [-0.4, -0.2) is 0 Å². The van der Waals surface area contributed by atoms with Crippen molar-refractivity contribution >= 4 is 23.1 Å². The van der Waals surface area contributed by atoms with Gasteiger partial charge in [0.2, 0.25) is 0 Å². The van der Waals surface area contributed by atoms with Gasteiger partial charge in [0.15, 0.2) is 0 Å². The Bertz CT molecular complexity index is 1090. The third kappa shape index (κ3) is 5.32. The molecule has 0 heterocycles. The third-order valence-corrected chi connectivity index (χ3v) is 5.85. The average Bonchev–Trinajstić information content (AvgIpc) is 2.76. The Morgan fingerprint density at radius 2 is 0.871 bits per heavy atom. The first-order chi connectivity index (χ1) is 15.0. The molecular weight excluding hydrogens is 404 g/mol. The fourth-order valence-corrected chi connectivity index (χ4v) is 3.80. The first kappa shape index (κ1) is 20.7. The van der Waals surface area contributed by atoms with Crippen molar-refractivity contribution in [2.75, 3.05) is 11.5 Å². The summed E-state index contributed by atoms with van der Waals surface area (Å²) in [6.45, 7) is 3.93. The minimum atomic E-state index is 0.763. The van der Waals surface area contributed by atoms with E-state index in [-0.39, 0.29) is 0 Å². The molecular formula is C26H24N2O2S. The predicted molar refractivity (Wildman–Crippen MR) is 128 cm³/mol. The van der Waals surface area contributed by atoms with Crippen molar-refractivity contribution in [1.82, 2.24) is 0 Å². The van der Waals surface area contributed by atoms with E-state index in [1.165, 1.54) is 0 Å². The van der Waals surface area contributed by atoms with Crippen molar-refractivity contribution in [1.29, 1.82) is 0 Å². The van der Waals surface area contributed by atoms with E-state index in [4.69, 9.17) is 20.9 Å². The van der Waals surface area contributed by atoms with Gasteiger partial charge in [0, 0.05) is 21.2 Å². The van der Waals surface area contributed by atoms with Crippen LogP contribution in [0.4, 0.5) is 11.4 Å². The van der Waals surface area contributed by atoms with Crippen LogP contribution < -0.4 is 20.9 Å². The predicted octanol–water partition coefficient (Wildman–Crippen LogP) is 7.20. The summed E-state index contributed by atoms with van der Waals surface area (Å²) >= 11 is 1.68. The number of anilines is 2. The molecule has 4 N–H and O–H groups in total. The zero-order valence-corrected chi connectivity index (χ0v) is 18.3. The molecule has 5 heteroatoms. The molecule has 0 aromatic heterocycles. The second-order valence-electron chi connectivity index (χ2n) is 7.29. The summed E-state index contributed by atoms with van der Waals surface area (Å²) in [5.74, 6) is 3.13. The zero-order valence-electron chi connectivity index (χ0n) is 17.5. The van der Waals surface area contributed by atoms with E-state index in [1.807, 2.05) is 98.8 Å². The molecule has 0 amide bonds. The van der Waals surface area contributed by atoms with E-state index in [1.54, 1.807) is 11.8 Å². The lowest BCUT2D eigenvalue weighted by molar-refractivity contribution is 0.482. The molecule has 0 bridgehead atoms. The molecule has 0 saturated carbocycles. The van der Waals surface area contributed by atoms with Crippen LogP contribution in [0.2, 0.25) is 0 Å². The Morgan fingerprint density at radius 1 is 0.516 bits per heavy atom. The molecule has 4 rings (SSSR count). The minimum Gasteiger partial charge on any atom is -0.457 e. The first-order valence-corrected chi connectivity index (χ1v) is 10.7. The molecule has 0 spiro atoms. The summed E-state index contributed by atoms with van der Waals surface area (Å²) < 4.78 is 11.8. The lowest BCUT2D eigenvalue weighted by atomic mass is 10.2. The highest BCUT2D eigenvalue weighted by molar-refractivity contribution is 7.99. The molecule has 0 unspecified atom stereocenters. The maximum absolute atomic E-state index is 5.92. The SMILES string of the molecule is Cc1cc(Oc2ccc(Sc3ccc(Oc4ccc(N)c(C)c4)cc3)cc2)ccc1N. The minimum absolute atomic E-state index is 0.763. The van der Waals surface area contributed by atoms with Crippen molar-refractivity contribution in [2.24, 2.45) is 0 Å². The fraction of sp³-hybridized carbons (Fsp3) is 0.0769. The lowest BCUT2D eigenvalue weighted by Gasteiger charge is -2.10.